The Labute approximate surface area is 174 Å². The number of fused-ring (bicyclic) bond motifs is 1. The molecule has 0 spiro atoms. The highest BCUT2D eigenvalue weighted by atomic mass is 16.5. The third kappa shape index (κ3) is 4.07. The Hall–Kier alpha value is -1.14. The first kappa shape index (κ1) is 21.1. The molecule has 3 aliphatic carbocycles. The molecule has 164 valence electrons. The Bertz CT molecular complexity index is 630. The van der Waals surface area contributed by atoms with Gasteiger partial charge in [-0.05, 0) is 61.7 Å². The van der Waals surface area contributed by atoms with Crippen LogP contribution in [-0.4, -0.2) is 60.3 Å². The maximum atomic E-state index is 13.1. The number of amides is 2. The van der Waals surface area contributed by atoms with E-state index >= 15 is 0 Å². The second kappa shape index (κ2) is 8.18. The maximum Gasteiger partial charge on any atom is 0.225 e. The van der Waals surface area contributed by atoms with Crippen LogP contribution in [-0.2, 0) is 14.3 Å². The van der Waals surface area contributed by atoms with Crippen LogP contribution >= 0.6 is 0 Å². The summed E-state index contributed by atoms with van der Waals surface area (Å²) in [7, 11) is 0. The van der Waals surface area contributed by atoms with Crippen LogP contribution in [0.3, 0.4) is 0 Å². The molecule has 1 heterocycles. The molecular weight excluding hydrogens is 368 g/mol. The summed E-state index contributed by atoms with van der Waals surface area (Å²) in [5.74, 6) is 0.723. The van der Waals surface area contributed by atoms with Crippen molar-refractivity contribution in [2.24, 2.45) is 35.0 Å². The molecule has 4 aliphatic rings. The lowest BCUT2D eigenvalue weighted by Crippen LogP contribution is -2.59. The number of aliphatic hydroxyl groups is 1. The van der Waals surface area contributed by atoms with E-state index in [9.17, 15) is 14.7 Å². The quantitative estimate of drug-likeness (QED) is 0.750. The van der Waals surface area contributed by atoms with Gasteiger partial charge in [-0.15, -0.1) is 0 Å². The van der Waals surface area contributed by atoms with Crippen molar-refractivity contribution in [1.29, 1.82) is 0 Å². The van der Waals surface area contributed by atoms with Gasteiger partial charge in [0.25, 0.3) is 0 Å². The summed E-state index contributed by atoms with van der Waals surface area (Å²) in [5, 5.41) is 14.8. The molecule has 6 heteroatoms. The highest BCUT2D eigenvalue weighted by Crippen LogP contribution is 2.55. The van der Waals surface area contributed by atoms with E-state index in [4.69, 9.17) is 4.74 Å². The van der Waals surface area contributed by atoms with Crippen LogP contribution in [0.4, 0.5) is 0 Å². The van der Waals surface area contributed by atoms with Crippen LogP contribution in [0.15, 0.2) is 0 Å². The fraction of sp³-hybridized carbons (Fsp3) is 0.913. The van der Waals surface area contributed by atoms with E-state index in [0.29, 0.717) is 26.3 Å². The van der Waals surface area contributed by atoms with Crippen molar-refractivity contribution in [1.82, 2.24) is 10.2 Å². The van der Waals surface area contributed by atoms with Crippen molar-refractivity contribution in [3.63, 3.8) is 0 Å². The minimum absolute atomic E-state index is 0.0104. The molecule has 1 aliphatic heterocycles. The second-order valence-corrected chi connectivity index (χ2v) is 10.4. The van der Waals surface area contributed by atoms with Gasteiger partial charge in [0.2, 0.25) is 11.8 Å². The first-order valence-electron chi connectivity index (χ1n) is 11.7. The van der Waals surface area contributed by atoms with E-state index in [1.165, 1.54) is 0 Å². The number of nitrogens with one attached hydrogen (secondary N) is 1. The number of carbonyl (C=O) groups is 2. The normalized spacial score (nSPS) is 41.4. The number of hydrogen-bond donors (Lipinski definition) is 2. The monoisotopic (exact) mass is 406 g/mol. The molecule has 0 aromatic carbocycles. The van der Waals surface area contributed by atoms with Crippen LogP contribution in [0.25, 0.3) is 0 Å². The molecule has 7 atom stereocenters. The van der Waals surface area contributed by atoms with Gasteiger partial charge in [0.05, 0.1) is 19.3 Å². The van der Waals surface area contributed by atoms with Crippen LogP contribution in [0, 0.1) is 35.0 Å². The topological polar surface area (TPSA) is 78.9 Å². The molecule has 1 saturated heterocycles. The fourth-order valence-corrected chi connectivity index (χ4v) is 6.40. The molecule has 0 aromatic heterocycles. The second-order valence-electron chi connectivity index (χ2n) is 10.4. The first-order chi connectivity index (χ1) is 13.8. The zero-order valence-corrected chi connectivity index (χ0v) is 18.2. The smallest absolute Gasteiger partial charge is 0.225 e. The molecule has 0 bridgehead atoms. The minimum Gasteiger partial charge on any atom is -0.392 e. The molecule has 6 nitrogen and oxygen atoms in total. The standard InChI is InChI=1S/C23H38N2O4/c1-14(22(28)25-10-12-29-13-11-25)17-6-8-23(3)9-7-18(15(2)19(23)20(17)26)24-21(27)16-4-5-16/h14-20,26H,4-13H2,1-3H3,(H,24,27). The van der Waals surface area contributed by atoms with Gasteiger partial charge in [-0.25, -0.2) is 0 Å². The van der Waals surface area contributed by atoms with Gasteiger partial charge in [0.1, 0.15) is 0 Å². The summed E-state index contributed by atoms with van der Waals surface area (Å²) in [6.45, 7) is 9.00. The predicted molar refractivity (Wildman–Crippen MR) is 110 cm³/mol. The van der Waals surface area contributed by atoms with Crippen molar-refractivity contribution in [2.75, 3.05) is 26.3 Å². The van der Waals surface area contributed by atoms with Gasteiger partial charge in [-0.3, -0.25) is 9.59 Å². The number of carbonyl (C=O) groups excluding carboxylic acids is 2. The Morgan fingerprint density at radius 2 is 1.79 bits per heavy atom. The summed E-state index contributed by atoms with van der Waals surface area (Å²) in [6.07, 6.45) is 5.51. The van der Waals surface area contributed by atoms with Crippen LogP contribution in [0.2, 0.25) is 0 Å². The third-order valence-electron chi connectivity index (χ3n) is 8.52. The van der Waals surface area contributed by atoms with Gasteiger partial charge < -0.3 is 20.1 Å². The van der Waals surface area contributed by atoms with Crippen molar-refractivity contribution < 1.29 is 19.4 Å². The number of morpholine rings is 1. The van der Waals surface area contributed by atoms with Gasteiger partial charge in [0.15, 0.2) is 0 Å². The lowest BCUT2D eigenvalue weighted by atomic mass is 9.51. The zero-order valence-electron chi connectivity index (χ0n) is 18.2. The van der Waals surface area contributed by atoms with Gasteiger partial charge in [-0.2, -0.15) is 0 Å². The highest BCUT2D eigenvalue weighted by Gasteiger charge is 2.54. The average molecular weight is 407 g/mol. The third-order valence-corrected chi connectivity index (χ3v) is 8.52. The van der Waals surface area contributed by atoms with Gasteiger partial charge in [-0.1, -0.05) is 20.8 Å². The van der Waals surface area contributed by atoms with Crippen molar-refractivity contribution >= 4 is 11.8 Å². The Morgan fingerprint density at radius 3 is 2.45 bits per heavy atom. The van der Waals surface area contributed by atoms with Crippen molar-refractivity contribution in [3.05, 3.63) is 0 Å². The number of ether oxygens (including phenoxy) is 1. The molecule has 4 rings (SSSR count). The lowest BCUT2D eigenvalue weighted by molar-refractivity contribution is -0.154. The molecule has 2 N–H and O–H groups in total. The van der Waals surface area contributed by atoms with Crippen molar-refractivity contribution in [2.45, 2.75) is 71.4 Å². The van der Waals surface area contributed by atoms with Crippen molar-refractivity contribution in [3.8, 4) is 0 Å². The lowest BCUT2D eigenvalue weighted by Gasteiger charge is -2.56. The molecule has 7 unspecified atom stereocenters. The molecule has 3 saturated carbocycles. The molecule has 4 fully saturated rings. The predicted octanol–water partition coefficient (Wildman–Crippen LogP) is 2.20. The summed E-state index contributed by atoms with van der Waals surface area (Å²) in [6, 6.07) is 0.139. The summed E-state index contributed by atoms with van der Waals surface area (Å²) >= 11 is 0. The van der Waals surface area contributed by atoms with E-state index in [0.717, 1.165) is 38.5 Å². The number of hydrogen-bond acceptors (Lipinski definition) is 4. The van der Waals surface area contributed by atoms with Gasteiger partial charge in [0, 0.05) is 31.0 Å². The van der Waals surface area contributed by atoms with E-state index < -0.39 is 6.10 Å². The molecule has 0 aromatic rings. The Morgan fingerprint density at radius 1 is 1.14 bits per heavy atom. The van der Waals surface area contributed by atoms with E-state index in [1.54, 1.807) is 0 Å². The Balaban J connectivity index is 1.46. The van der Waals surface area contributed by atoms with Crippen LogP contribution in [0.1, 0.15) is 59.3 Å². The number of rotatable bonds is 4. The highest BCUT2D eigenvalue weighted by molar-refractivity contribution is 5.81. The molecular formula is C23H38N2O4. The first-order valence-corrected chi connectivity index (χ1v) is 11.7. The average Bonchev–Trinajstić information content (AvgIpc) is 3.55. The summed E-state index contributed by atoms with van der Waals surface area (Å²) < 4.78 is 5.38. The van der Waals surface area contributed by atoms with E-state index in [2.05, 4.69) is 19.2 Å². The maximum absolute atomic E-state index is 13.1. The Kier molecular flexibility index (Phi) is 5.95. The molecule has 2 amide bonds. The molecule has 29 heavy (non-hydrogen) atoms. The minimum atomic E-state index is -0.496. The van der Waals surface area contributed by atoms with E-state index in [1.807, 2.05) is 11.8 Å². The SMILES string of the molecule is CC(C(=O)N1CCOCC1)C1CCC2(C)CCC(NC(=O)C3CC3)C(C)C2C1O. The van der Waals surface area contributed by atoms with Crippen LogP contribution < -0.4 is 5.32 Å². The summed E-state index contributed by atoms with van der Waals surface area (Å²) in [4.78, 5) is 27.3. The number of nitrogens with zero attached hydrogens (tertiary/aromatic N) is 1. The van der Waals surface area contributed by atoms with Gasteiger partial charge >= 0.3 is 0 Å². The largest absolute Gasteiger partial charge is 0.392 e. The number of aliphatic hydroxyl groups excluding tert-OH is 1. The molecule has 0 radical (unpaired) electrons. The summed E-state index contributed by atoms with van der Waals surface area (Å²) in [5.41, 5.74) is 0.0951. The fourth-order valence-electron chi connectivity index (χ4n) is 6.40. The van der Waals surface area contributed by atoms with E-state index in [-0.39, 0.29) is 52.9 Å². The zero-order chi connectivity index (χ0) is 20.8. The van der Waals surface area contributed by atoms with Crippen LogP contribution in [0.5, 0.6) is 0 Å².